The molecule has 0 unspecified atom stereocenters. The smallest absolute Gasteiger partial charge is 0.270 e. The van der Waals surface area contributed by atoms with Crippen molar-refractivity contribution in [1.82, 2.24) is 10.9 Å². The molecule has 3 N–H and O–H groups in total. The van der Waals surface area contributed by atoms with E-state index in [1.807, 2.05) is 26.0 Å². The topological polar surface area (TPSA) is 130 Å². The van der Waals surface area contributed by atoms with Crippen LogP contribution in [0, 0.1) is 24.0 Å². The summed E-state index contributed by atoms with van der Waals surface area (Å²) < 4.78 is 0. The molecular weight excluding hydrogens is 388 g/mol. The van der Waals surface area contributed by atoms with Crippen molar-refractivity contribution in [3.63, 3.8) is 0 Å². The van der Waals surface area contributed by atoms with Crippen molar-refractivity contribution in [3.8, 4) is 0 Å². The van der Waals surface area contributed by atoms with Crippen molar-refractivity contribution >= 4 is 35.2 Å². The van der Waals surface area contributed by atoms with Crippen molar-refractivity contribution in [3.05, 3.63) is 75.3 Å². The zero-order chi connectivity index (χ0) is 22.1. The van der Waals surface area contributed by atoms with E-state index in [4.69, 9.17) is 0 Å². The molecule has 0 atom stereocenters. The lowest BCUT2D eigenvalue weighted by Gasteiger charge is -2.08. The van der Waals surface area contributed by atoms with Gasteiger partial charge in [0.2, 0.25) is 11.8 Å². The molecule has 0 saturated heterocycles. The maximum atomic E-state index is 11.9. The van der Waals surface area contributed by atoms with Crippen molar-refractivity contribution < 1.29 is 19.3 Å². The summed E-state index contributed by atoms with van der Waals surface area (Å²) >= 11 is 0. The monoisotopic (exact) mass is 410 g/mol. The normalized spacial score (nSPS) is 10.5. The standard InChI is InChI=1S/C21H22N4O5/c1-14-6-8-17(12-15(14)2)22-19(26)10-11-21(28)24-23-20(27)9-7-16-4-3-5-18(13-16)25(29)30/h3-9,12-13H,10-11H2,1-2H3,(H,22,26)(H,23,27)(H,24,28)/b9-7+. The van der Waals surface area contributed by atoms with Crippen molar-refractivity contribution in [1.29, 1.82) is 0 Å². The van der Waals surface area contributed by atoms with Crippen LogP contribution in [-0.4, -0.2) is 22.6 Å². The number of benzene rings is 2. The first-order valence-corrected chi connectivity index (χ1v) is 9.13. The minimum absolute atomic E-state index is 0.0435. The molecule has 0 heterocycles. The maximum Gasteiger partial charge on any atom is 0.270 e. The number of nitro groups is 1. The molecular formula is C21H22N4O5. The van der Waals surface area contributed by atoms with Crippen LogP contribution >= 0.6 is 0 Å². The highest BCUT2D eigenvalue weighted by Gasteiger charge is 2.09. The number of nitrogens with zero attached hydrogens (tertiary/aromatic N) is 1. The third-order valence-electron chi connectivity index (χ3n) is 4.20. The Hall–Kier alpha value is -4.01. The van der Waals surface area contributed by atoms with Gasteiger partial charge in [-0.25, -0.2) is 0 Å². The molecule has 0 fully saturated rings. The summed E-state index contributed by atoms with van der Waals surface area (Å²) in [4.78, 5) is 45.7. The number of hydrazine groups is 1. The van der Waals surface area contributed by atoms with E-state index < -0.39 is 16.7 Å². The van der Waals surface area contributed by atoms with E-state index in [2.05, 4.69) is 16.2 Å². The lowest BCUT2D eigenvalue weighted by Crippen LogP contribution is -2.41. The molecule has 0 bridgehead atoms. The molecule has 0 aromatic heterocycles. The number of non-ortho nitro benzene ring substituents is 1. The van der Waals surface area contributed by atoms with Gasteiger partial charge in [-0.2, -0.15) is 0 Å². The molecule has 30 heavy (non-hydrogen) atoms. The number of anilines is 1. The van der Waals surface area contributed by atoms with E-state index >= 15 is 0 Å². The summed E-state index contributed by atoms with van der Waals surface area (Å²) in [7, 11) is 0. The van der Waals surface area contributed by atoms with Crippen LogP contribution in [0.5, 0.6) is 0 Å². The SMILES string of the molecule is Cc1ccc(NC(=O)CCC(=O)NNC(=O)/C=C/c2cccc([N+](=O)[O-])c2)cc1C. The first-order valence-electron chi connectivity index (χ1n) is 9.13. The molecule has 0 aliphatic rings. The van der Waals surface area contributed by atoms with Crippen molar-refractivity contribution in [2.75, 3.05) is 5.32 Å². The average molecular weight is 410 g/mol. The number of carbonyl (C=O) groups is 3. The number of aryl methyl sites for hydroxylation is 2. The quantitative estimate of drug-likeness (QED) is 0.367. The zero-order valence-corrected chi connectivity index (χ0v) is 16.6. The Morgan fingerprint density at radius 3 is 2.40 bits per heavy atom. The molecule has 0 saturated carbocycles. The Bertz CT molecular complexity index is 1000. The number of hydrogen-bond acceptors (Lipinski definition) is 5. The maximum absolute atomic E-state index is 11.9. The Kier molecular flexibility index (Phi) is 7.81. The van der Waals surface area contributed by atoms with Crippen LogP contribution in [-0.2, 0) is 14.4 Å². The molecule has 0 radical (unpaired) electrons. The molecule has 9 nitrogen and oxygen atoms in total. The highest BCUT2D eigenvalue weighted by atomic mass is 16.6. The summed E-state index contributed by atoms with van der Waals surface area (Å²) in [5, 5.41) is 13.5. The molecule has 2 aromatic carbocycles. The molecule has 156 valence electrons. The molecule has 0 aliphatic heterocycles. The fourth-order valence-corrected chi connectivity index (χ4v) is 2.42. The van der Waals surface area contributed by atoms with Gasteiger partial charge in [0, 0.05) is 36.7 Å². The minimum Gasteiger partial charge on any atom is -0.326 e. The largest absolute Gasteiger partial charge is 0.326 e. The van der Waals surface area contributed by atoms with Gasteiger partial charge in [-0.1, -0.05) is 18.2 Å². The van der Waals surface area contributed by atoms with Gasteiger partial charge in [0.25, 0.3) is 11.6 Å². The lowest BCUT2D eigenvalue weighted by molar-refractivity contribution is -0.384. The fourth-order valence-electron chi connectivity index (χ4n) is 2.42. The number of nitro benzene ring substituents is 1. The molecule has 2 rings (SSSR count). The van der Waals surface area contributed by atoms with Crippen LogP contribution in [0.15, 0.2) is 48.5 Å². The van der Waals surface area contributed by atoms with Gasteiger partial charge in [-0.15, -0.1) is 0 Å². The van der Waals surface area contributed by atoms with Gasteiger partial charge in [0.1, 0.15) is 0 Å². The first kappa shape index (κ1) is 22.3. The van der Waals surface area contributed by atoms with Crippen molar-refractivity contribution in [2.45, 2.75) is 26.7 Å². The second-order valence-electron chi connectivity index (χ2n) is 6.57. The molecule has 0 aliphatic carbocycles. The van der Waals surface area contributed by atoms with Crippen molar-refractivity contribution in [2.24, 2.45) is 0 Å². The molecule has 0 spiro atoms. The van der Waals surface area contributed by atoms with Gasteiger partial charge in [0.15, 0.2) is 0 Å². The fraction of sp³-hybridized carbons (Fsp3) is 0.190. The predicted octanol–water partition coefficient (Wildman–Crippen LogP) is 2.79. The molecule has 3 amide bonds. The molecule has 2 aromatic rings. The number of carbonyl (C=O) groups excluding carboxylic acids is 3. The van der Waals surface area contributed by atoms with Crippen LogP contribution in [0.3, 0.4) is 0 Å². The Labute approximate surface area is 173 Å². The van der Waals surface area contributed by atoms with Gasteiger partial charge in [0.05, 0.1) is 4.92 Å². The lowest BCUT2D eigenvalue weighted by atomic mass is 10.1. The van der Waals surface area contributed by atoms with Crippen LogP contribution in [0.2, 0.25) is 0 Å². The summed E-state index contributed by atoms with van der Waals surface area (Å²) in [5.41, 5.74) is 7.58. The minimum atomic E-state index is -0.616. The van der Waals surface area contributed by atoms with E-state index in [-0.39, 0.29) is 24.4 Å². The summed E-state index contributed by atoms with van der Waals surface area (Å²) in [6.45, 7) is 3.91. The van der Waals surface area contributed by atoms with Crippen LogP contribution in [0.4, 0.5) is 11.4 Å². The van der Waals surface area contributed by atoms with Crippen LogP contribution in [0.1, 0.15) is 29.5 Å². The number of nitrogens with one attached hydrogen (secondary N) is 3. The van der Waals surface area contributed by atoms with Gasteiger partial charge >= 0.3 is 0 Å². The second-order valence-corrected chi connectivity index (χ2v) is 6.57. The van der Waals surface area contributed by atoms with Crippen LogP contribution < -0.4 is 16.2 Å². The van der Waals surface area contributed by atoms with E-state index in [0.29, 0.717) is 11.3 Å². The van der Waals surface area contributed by atoms with E-state index in [1.54, 1.807) is 12.1 Å². The Morgan fingerprint density at radius 2 is 1.70 bits per heavy atom. The summed E-state index contributed by atoms with van der Waals surface area (Å²) in [5.74, 6) is -1.46. The van der Waals surface area contributed by atoms with E-state index in [0.717, 1.165) is 17.2 Å². The number of hydrogen-bond donors (Lipinski definition) is 3. The average Bonchev–Trinajstić information content (AvgIpc) is 2.72. The highest BCUT2D eigenvalue weighted by Crippen LogP contribution is 2.15. The summed E-state index contributed by atoms with van der Waals surface area (Å²) in [6, 6.07) is 11.3. The summed E-state index contributed by atoms with van der Waals surface area (Å²) in [6.07, 6.45) is 2.36. The third-order valence-corrected chi connectivity index (χ3v) is 4.20. The van der Waals surface area contributed by atoms with Crippen LogP contribution in [0.25, 0.3) is 6.08 Å². The van der Waals surface area contributed by atoms with E-state index in [1.165, 1.54) is 24.3 Å². The Morgan fingerprint density at radius 1 is 0.967 bits per heavy atom. The number of rotatable bonds is 7. The highest BCUT2D eigenvalue weighted by molar-refractivity contribution is 5.95. The predicted molar refractivity (Wildman–Crippen MR) is 112 cm³/mol. The third kappa shape index (κ3) is 7.19. The zero-order valence-electron chi connectivity index (χ0n) is 16.6. The van der Waals surface area contributed by atoms with E-state index in [9.17, 15) is 24.5 Å². The second kappa shape index (κ2) is 10.5. The molecule has 9 heteroatoms. The van der Waals surface area contributed by atoms with Gasteiger partial charge < -0.3 is 5.32 Å². The Balaban J connectivity index is 1.73. The first-order chi connectivity index (χ1) is 14.2. The van der Waals surface area contributed by atoms with Gasteiger partial charge in [-0.05, 0) is 48.7 Å². The van der Waals surface area contributed by atoms with Gasteiger partial charge in [-0.3, -0.25) is 35.3 Å². The number of amides is 3.